The first-order valence-corrected chi connectivity index (χ1v) is 13.5. The molecule has 1 unspecified atom stereocenters. The van der Waals surface area contributed by atoms with Crippen LogP contribution in [-0.2, 0) is 12.8 Å². The molecule has 1 heterocycles. The molecule has 1 N–H and O–H groups in total. The summed E-state index contributed by atoms with van der Waals surface area (Å²) in [6.07, 6.45) is 3.92. The number of aromatic nitrogens is 2. The van der Waals surface area contributed by atoms with Crippen molar-refractivity contribution in [1.82, 2.24) is 15.1 Å². The number of hydrogen-bond donors (Lipinski definition) is 1. The molecule has 0 radical (unpaired) electrons. The zero-order valence-electron chi connectivity index (χ0n) is 22.4. The third kappa shape index (κ3) is 5.91. The van der Waals surface area contributed by atoms with Crippen molar-refractivity contribution in [2.75, 3.05) is 6.54 Å². The SMILES string of the molecule is CCc1cccc(-n2nc(C)cc2C(=O)Cc2cccc(C(NCC3CC3)c3cc(C)ccc3C)c2)c1. The summed E-state index contributed by atoms with van der Waals surface area (Å²) in [7, 11) is 0. The first-order chi connectivity index (χ1) is 17.9. The van der Waals surface area contributed by atoms with Crippen LogP contribution in [0, 0.1) is 26.7 Å². The van der Waals surface area contributed by atoms with E-state index in [4.69, 9.17) is 0 Å². The van der Waals surface area contributed by atoms with Crippen LogP contribution in [0.1, 0.15) is 75.4 Å². The zero-order chi connectivity index (χ0) is 25.9. The lowest BCUT2D eigenvalue weighted by molar-refractivity contribution is 0.0985. The Bertz CT molecular complexity index is 1410. The van der Waals surface area contributed by atoms with Gasteiger partial charge in [0.25, 0.3) is 0 Å². The van der Waals surface area contributed by atoms with Gasteiger partial charge >= 0.3 is 0 Å². The summed E-state index contributed by atoms with van der Waals surface area (Å²) in [5.74, 6) is 0.862. The summed E-state index contributed by atoms with van der Waals surface area (Å²) < 4.78 is 1.80. The van der Waals surface area contributed by atoms with Crippen LogP contribution in [0.5, 0.6) is 0 Å². The van der Waals surface area contributed by atoms with Crippen LogP contribution in [0.2, 0.25) is 0 Å². The van der Waals surface area contributed by atoms with E-state index in [1.54, 1.807) is 4.68 Å². The van der Waals surface area contributed by atoms with Gasteiger partial charge in [-0.2, -0.15) is 5.10 Å². The number of carbonyl (C=O) groups excluding carboxylic acids is 1. The molecule has 1 aromatic heterocycles. The average Bonchev–Trinajstić information content (AvgIpc) is 3.65. The second kappa shape index (κ2) is 10.9. The van der Waals surface area contributed by atoms with Gasteiger partial charge in [-0.25, -0.2) is 4.68 Å². The number of ketones is 1. The van der Waals surface area contributed by atoms with Crippen LogP contribution in [0.4, 0.5) is 0 Å². The van der Waals surface area contributed by atoms with E-state index in [1.807, 2.05) is 25.1 Å². The molecule has 0 saturated heterocycles. The minimum atomic E-state index is 0.0777. The van der Waals surface area contributed by atoms with Gasteiger partial charge in [-0.3, -0.25) is 4.79 Å². The van der Waals surface area contributed by atoms with Crippen LogP contribution in [0.15, 0.2) is 72.8 Å². The average molecular weight is 492 g/mol. The lowest BCUT2D eigenvalue weighted by Crippen LogP contribution is -2.25. The number of nitrogens with zero attached hydrogens (tertiary/aromatic N) is 2. The highest BCUT2D eigenvalue weighted by Gasteiger charge is 2.24. The fraction of sp³-hybridized carbons (Fsp3) is 0.333. The molecule has 3 aromatic carbocycles. The van der Waals surface area contributed by atoms with Gasteiger partial charge in [0.2, 0.25) is 0 Å². The van der Waals surface area contributed by atoms with Gasteiger partial charge in [-0.1, -0.05) is 67.1 Å². The molecule has 4 heteroatoms. The largest absolute Gasteiger partial charge is 0.306 e. The lowest BCUT2D eigenvalue weighted by atomic mass is 9.91. The number of rotatable bonds is 10. The van der Waals surface area contributed by atoms with Gasteiger partial charge in [0.05, 0.1) is 17.4 Å². The van der Waals surface area contributed by atoms with E-state index in [-0.39, 0.29) is 11.8 Å². The minimum absolute atomic E-state index is 0.0777. The van der Waals surface area contributed by atoms with Gasteiger partial charge in [0, 0.05) is 6.42 Å². The van der Waals surface area contributed by atoms with Gasteiger partial charge < -0.3 is 5.32 Å². The normalized spacial score (nSPS) is 14.1. The number of benzene rings is 3. The fourth-order valence-corrected chi connectivity index (χ4v) is 5.05. The maximum absolute atomic E-state index is 13.6. The van der Waals surface area contributed by atoms with Crippen molar-refractivity contribution >= 4 is 5.78 Å². The summed E-state index contributed by atoms with van der Waals surface area (Å²) in [4.78, 5) is 13.6. The van der Waals surface area contributed by atoms with E-state index in [1.165, 1.54) is 40.7 Å². The second-order valence-electron chi connectivity index (χ2n) is 10.6. The van der Waals surface area contributed by atoms with E-state index < -0.39 is 0 Å². The third-order valence-corrected chi connectivity index (χ3v) is 7.38. The van der Waals surface area contributed by atoms with Crippen molar-refractivity contribution in [3.8, 4) is 5.69 Å². The quantitative estimate of drug-likeness (QED) is 0.246. The molecule has 1 saturated carbocycles. The predicted octanol–water partition coefficient (Wildman–Crippen LogP) is 6.87. The summed E-state index contributed by atoms with van der Waals surface area (Å²) in [5, 5.41) is 8.50. The van der Waals surface area contributed by atoms with Crippen molar-refractivity contribution in [2.24, 2.45) is 5.92 Å². The number of aryl methyl sites for hydroxylation is 4. The summed E-state index contributed by atoms with van der Waals surface area (Å²) in [6, 6.07) is 25.5. The van der Waals surface area contributed by atoms with E-state index in [0.29, 0.717) is 12.1 Å². The highest BCUT2D eigenvalue weighted by molar-refractivity contribution is 5.96. The molecule has 5 rings (SSSR count). The Morgan fingerprint density at radius 1 is 0.973 bits per heavy atom. The Labute approximate surface area is 220 Å². The van der Waals surface area contributed by atoms with Crippen LogP contribution < -0.4 is 5.32 Å². The lowest BCUT2D eigenvalue weighted by Gasteiger charge is -2.23. The van der Waals surface area contributed by atoms with Crippen LogP contribution in [-0.4, -0.2) is 22.1 Å². The van der Waals surface area contributed by atoms with E-state index in [9.17, 15) is 4.79 Å². The molecule has 0 aliphatic heterocycles. The molecular formula is C33H37N3O. The molecular weight excluding hydrogens is 454 g/mol. The Balaban J connectivity index is 1.43. The van der Waals surface area contributed by atoms with Crippen LogP contribution in [0.25, 0.3) is 5.69 Å². The minimum Gasteiger partial charge on any atom is -0.306 e. The van der Waals surface area contributed by atoms with Crippen LogP contribution >= 0.6 is 0 Å². The van der Waals surface area contributed by atoms with E-state index in [2.05, 4.69) is 85.8 Å². The molecule has 1 atom stereocenters. The Morgan fingerprint density at radius 3 is 2.54 bits per heavy atom. The van der Waals surface area contributed by atoms with Gasteiger partial charge in [-0.05, 0) is 98.5 Å². The van der Waals surface area contributed by atoms with E-state index >= 15 is 0 Å². The molecule has 0 spiro atoms. The number of nitrogens with one attached hydrogen (secondary N) is 1. The monoisotopic (exact) mass is 491 g/mol. The van der Waals surface area contributed by atoms with Crippen molar-refractivity contribution in [3.05, 3.63) is 118 Å². The number of Topliss-reactive ketones (excluding diaryl/α,β-unsaturated/α-hetero) is 1. The zero-order valence-corrected chi connectivity index (χ0v) is 22.4. The van der Waals surface area contributed by atoms with Crippen molar-refractivity contribution < 1.29 is 4.79 Å². The highest BCUT2D eigenvalue weighted by atomic mass is 16.1. The molecule has 190 valence electrons. The van der Waals surface area contributed by atoms with Gasteiger partial charge in [-0.15, -0.1) is 0 Å². The summed E-state index contributed by atoms with van der Waals surface area (Å²) >= 11 is 0. The first-order valence-electron chi connectivity index (χ1n) is 13.5. The molecule has 4 nitrogen and oxygen atoms in total. The number of hydrogen-bond acceptors (Lipinski definition) is 3. The van der Waals surface area contributed by atoms with Crippen LogP contribution in [0.3, 0.4) is 0 Å². The molecule has 1 fully saturated rings. The Hall–Kier alpha value is -3.50. The van der Waals surface area contributed by atoms with E-state index in [0.717, 1.165) is 35.8 Å². The Kier molecular flexibility index (Phi) is 7.38. The molecule has 37 heavy (non-hydrogen) atoms. The Morgan fingerprint density at radius 2 is 1.76 bits per heavy atom. The highest BCUT2D eigenvalue weighted by Crippen LogP contribution is 2.32. The topological polar surface area (TPSA) is 46.9 Å². The van der Waals surface area contributed by atoms with Crippen molar-refractivity contribution in [3.63, 3.8) is 0 Å². The standard InChI is InChI=1S/C33H37N3O/c1-5-25-8-7-11-29(19-25)36-31(17-24(4)35-36)32(37)20-27-9-6-10-28(18-27)33(34-21-26-14-15-26)30-16-22(2)12-13-23(30)3/h6-13,16-19,26,33-34H,5,14-15,20-21H2,1-4H3. The van der Waals surface area contributed by atoms with Gasteiger partial charge in [0.15, 0.2) is 5.78 Å². The molecule has 0 bridgehead atoms. The molecule has 4 aromatic rings. The molecule has 1 aliphatic carbocycles. The fourth-order valence-electron chi connectivity index (χ4n) is 5.05. The summed E-state index contributed by atoms with van der Waals surface area (Å²) in [6.45, 7) is 9.44. The predicted molar refractivity (Wildman–Crippen MR) is 151 cm³/mol. The van der Waals surface area contributed by atoms with Gasteiger partial charge in [0.1, 0.15) is 5.69 Å². The smallest absolute Gasteiger partial charge is 0.185 e. The maximum Gasteiger partial charge on any atom is 0.185 e. The number of carbonyl (C=O) groups is 1. The first kappa shape index (κ1) is 25.2. The van der Waals surface area contributed by atoms with Crippen molar-refractivity contribution in [1.29, 1.82) is 0 Å². The second-order valence-corrected chi connectivity index (χ2v) is 10.6. The third-order valence-electron chi connectivity index (χ3n) is 7.38. The maximum atomic E-state index is 13.6. The van der Waals surface area contributed by atoms with Crippen molar-refractivity contribution in [2.45, 2.75) is 59.4 Å². The molecule has 1 aliphatic rings. The summed E-state index contributed by atoms with van der Waals surface area (Å²) in [5.41, 5.74) is 9.74. The molecule has 0 amide bonds.